The maximum Gasteiger partial charge on any atom is 0.177 e. The molecule has 0 aromatic heterocycles. The summed E-state index contributed by atoms with van der Waals surface area (Å²) >= 11 is 0. The van der Waals surface area contributed by atoms with Crippen LogP contribution in [0.25, 0.3) is 0 Å². The quantitative estimate of drug-likeness (QED) is 0.573. The topological polar surface area (TPSA) is 86.7 Å². The van der Waals surface area contributed by atoms with Crippen molar-refractivity contribution >= 4 is 23.1 Å². The van der Waals surface area contributed by atoms with E-state index in [9.17, 15) is 19.2 Å². The molecule has 1 spiro atoms. The van der Waals surface area contributed by atoms with Crippen LogP contribution in [0.5, 0.6) is 0 Å². The number of ketones is 4. The van der Waals surface area contributed by atoms with Gasteiger partial charge in [-0.25, -0.2) is 0 Å². The number of ether oxygens (including phenoxy) is 2. The van der Waals surface area contributed by atoms with Gasteiger partial charge in [-0.15, -0.1) is 0 Å². The van der Waals surface area contributed by atoms with Crippen molar-refractivity contribution in [1.82, 2.24) is 0 Å². The van der Waals surface area contributed by atoms with Crippen LogP contribution in [0.3, 0.4) is 0 Å². The number of Topliss-reactive ketones (excluding diaryl/α,β-unsaturated/α-hetero) is 4. The first-order valence-corrected chi connectivity index (χ1v) is 10.2. The van der Waals surface area contributed by atoms with Crippen LogP contribution in [0.4, 0.5) is 0 Å². The molecule has 0 N–H and O–H groups in total. The third-order valence-corrected chi connectivity index (χ3v) is 8.51. The largest absolute Gasteiger partial charge is 0.497 e. The summed E-state index contributed by atoms with van der Waals surface area (Å²) in [6.45, 7) is 9.88. The Morgan fingerprint density at radius 1 is 0.733 bits per heavy atom. The lowest BCUT2D eigenvalue weighted by Crippen LogP contribution is -2.78. The summed E-state index contributed by atoms with van der Waals surface area (Å²) in [7, 11) is 0. The summed E-state index contributed by atoms with van der Waals surface area (Å²) in [6, 6.07) is 0. The van der Waals surface area contributed by atoms with E-state index in [1.165, 1.54) is 13.8 Å². The van der Waals surface area contributed by atoms with Crippen LogP contribution >= 0.6 is 0 Å². The van der Waals surface area contributed by atoms with Gasteiger partial charge in [0, 0.05) is 5.57 Å². The van der Waals surface area contributed by atoms with Crippen molar-refractivity contribution in [3.63, 3.8) is 0 Å². The minimum absolute atomic E-state index is 0.0251. The Morgan fingerprint density at radius 2 is 1.30 bits per heavy atom. The van der Waals surface area contributed by atoms with Crippen molar-refractivity contribution in [2.45, 2.75) is 41.5 Å². The maximum absolute atomic E-state index is 14.3. The molecular formula is C24H24O6. The Hall–Kier alpha value is -2.76. The van der Waals surface area contributed by atoms with Crippen LogP contribution in [0.1, 0.15) is 41.5 Å². The average Bonchev–Trinajstić information content (AvgIpc) is 2.72. The summed E-state index contributed by atoms with van der Waals surface area (Å²) < 4.78 is 11.5. The monoisotopic (exact) mass is 408 g/mol. The molecule has 0 amide bonds. The molecule has 0 unspecified atom stereocenters. The van der Waals surface area contributed by atoms with Gasteiger partial charge in [-0.05, 0) is 70.4 Å². The first kappa shape index (κ1) is 19.2. The van der Waals surface area contributed by atoms with E-state index in [0.29, 0.717) is 33.8 Å². The highest BCUT2D eigenvalue weighted by molar-refractivity contribution is 6.36. The molecule has 156 valence electrons. The minimum Gasteiger partial charge on any atom is -0.497 e. The highest BCUT2D eigenvalue weighted by Crippen LogP contribution is 2.72. The molecule has 1 fully saturated rings. The number of hydrogen-bond donors (Lipinski definition) is 0. The lowest BCUT2D eigenvalue weighted by Gasteiger charge is -2.65. The van der Waals surface area contributed by atoms with E-state index < -0.39 is 39.0 Å². The molecule has 5 rings (SSSR count). The van der Waals surface area contributed by atoms with Crippen molar-refractivity contribution < 1.29 is 28.7 Å². The van der Waals surface area contributed by atoms with Gasteiger partial charge < -0.3 is 9.47 Å². The number of allylic oxidation sites excluding steroid dienone is 6. The van der Waals surface area contributed by atoms with E-state index in [0.717, 1.165) is 0 Å². The summed E-state index contributed by atoms with van der Waals surface area (Å²) in [5.74, 6) is -0.560. The molecule has 0 saturated heterocycles. The summed E-state index contributed by atoms with van der Waals surface area (Å²) in [5, 5.41) is 0. The summed E-state index contributed by atoms with van der Waals surface area (Å²) in [5.41, 5.74) is -4.43. The lowest BCUT2D eigenvalue weighted by molar-refractivity contribution is -0.188. The zero-order valence-electron chi connectivity index (χ0n) is 18.0. The van der Waals surface area contributed by atoms with Gasteiger partial charge in [-0.1, -0.05) is 0 Å². The predicted molar refractivity (Wildman–Crippen MR) is 106 cm³/mol. The van der Waals surface area contributed by atoms with E-state index in [1.54, 1.807) is 39.8 Å². The van der Waals surface area contributed by atoms with Crippen LogP contribution in [0.2, 0.25) is 0 Å². The van der Waals surface area contributed by atoms with Crippen molar-refractivity contribution in [1.29, 1.82) is 0 Å². The van der Waals surface area contributed by atoms with Gasteiger partial charge in [0.2, 0.25) is 0 Å². The smallest absolute Gasteiger partial charge is 0.177 e. The van der Waals surface area contributed by atoms with Gasteiger partial charge in [0.05, 0.1) is 16.9 Å². The third-order valence-electron chi connectivity index (χ3n) is 8.51. The van der Waals surface area contributed by atoms with Crippen molar-refractivity contribution in [3.8, 4) is 0 Å². The molecule has 5 aliphatic rings. The second-order valence-corrected chi connectivity index (χ2v) is 9.62. The van der Waals surface area contributed by atoms with Crippen molar-refractivity contribution in [2.75, 3.05) is 13.2 Å². The molecule has 6 nitrogen and oxygen atoms in total. The van der Waals surface area contributed by atoms with Gasteiger partial charge in [0.15, 0.2) is 23.1 Å². The fraction of sp³-hybridized carbons (Fsp3) is 0.500. The van der Waals surface area contributed by atoms with Crippen LogP contribution in [0, 0.1) is 21.7 Å². The van der Waals surface area contributed by atoms with Gasteiger partial charge in [0.1, 0.15) is 29.5 Å². The molecule has 6 heteroatoms. The number of rotatable bonds is 0. The van der Waals surface area contributed by atoms with Crippen molar-refractivity contribution in [2.24, 2.45) is 21.7 Å². The molecule has 30 heavy (non-hydrogen) atoms. The fourth-order valence-electron chi connectivity index (χ4n) is 6.54. The normalized spacial score (nSPS) is 42.2. The predicted octanol–water partition coefficient (Wildman–Crippen LogP) is 2.79. The van der Waals surface area contributed by atoms with Gasteiger partial charge in [-0.3, -0.25) is 19.2 Å². The standard InChI is InChI=1S/C24H24O6/c1-11-8-16-14(9-29-11)18(26)23(6)19(27)21(16,4)24-10-30-12(2)7-15(24)13(3)17(25)22(23,5)20(24)28/h7-8H,9-10H2,1-6H3/t21-,22+,23+,24-/m0/s1. The Labute approximate surface area is 174 Å². The van der Waals surface area contributed by atoms with Gasteiger partial charge >= 0.3 is 0 Å². The lowest BCUT2D eigenvalue weighted by atomic mass is 9.32. The van der Waals surface area contributed by atoms with Crippen LogP contribution in [0.15, 0.2) is 46.0 Å². The molecule has 2 aliphatic heterocycles. The second-order valence-electron chi connectivity index (χ2n) is 9.62. The average molecular weight is 408 g/mol. The Kier molecular flexibility index (Phi) is 3.27. The number of fused-ring (bicyclic) bond motifs is 5. The summed E-state index contributed by atoms with van der Waals surface area (Å²) in [6.07, 6.45) is 3.41. The molecular weight excluding hydrogens is 384 g/mol. The number of carbonyl (C=O) groups excluding carboxylic acids is 4. The van der Waals surface area contributed by atoms with E-state index in [4.69, 9.17) is 9.47 Å². The Balaban J connectivity index is 2.03. The zero-order valence-corrected chi connectivity index (χ0v) is 18.0. The molecule has 4 bridgehead atoms. The Morgan fingerprint density at radius 3 is 1.97 bits per heavy atom. The van der Waals surface area contributed by atoms with Crippen molar-refractivity contribution in [3.05, 3.63) is 46.0 Å². The highest BCUT2D eigenvalue weighted by Gasteiger charge is 2.83. The van der Waals surface area contributed by atoms with Gasteiger partial charge in [-0.2, -0.15) is 0 Å². The first-order chi connectivity index (χ1) is 13.9. The molecule has 0 aromatic rings. The molecule has 1 saturated carbocycles. The minimum atomic E-state index is -1.79. The maximum atomic E-state index is 14.3. The molecule has 0 radical (unpaired) electrons. The summed E-state index contributed by atoms with van der Waals surface area (Å²) in [4.78, 5) is 55.9. The SMILES string of the molecule is CC1=CC2=C(CO1)C(=O)[C@]1(C)C(=O)[C@@]2(C)[C@@]23COC(C)=CC2=C(C)C(=O)[C@]1(C)C3=O. The van der Waals surface area contributed by atoms with E-state index in [-0.39, 0.29) is 19.0 Å². The number of hydrogen-bond acceptors (Lipinski definition) is 6. The molecule has 2 heterocycles. The fourth-order valence-corrected chi connectivity index (χ4v) is 6.54. The molecule has 3 aliphatic carbocycles. The van der Waals surface area contributed by atoms with Gasteiger partial charge in [0.25, 0.3) is 0 Å². The third kappa shape index (κ3) is 1.54. The van der Waals surface area contributed by atoms with Crippen LogP contribution in [-0.4, -0.2) is 36.3 Å². The van der Waals surface area contributed by atoms with Crippen LogP contribution in [-0.2, 0) is 28.7 Å². The van der Waals surface area contributed by atoms with E-state index in [2.05, 4.69) is 0 Å². The van der Waals surface area contributed by atoms with E-state index in [1.807, 2.05) is 0 Å². The highest BCUT2D eigenvalue weighted by atomic mass is 16.5. The second kappa shape index (κ2) is 5.10. The Bertz CT molecular complexity index is 1140. The zero-order chi connectivity index (χ0) is 22.0. The molecule has 0 aromatic carbocycles. The first-order valence-electron chi connectivity index (χ1n) is 10.2. The molecule has 4 atom stereocenters. The van der Waals surface area contributed by atoms with Crippen LogP contribution < -0.4 is 0 Å². The van der Waals surface area contributed by atoms with E-state index >= 15 is 0 Å². The number of carbonyl (C=O) groups is 4.